The topological polar surface area (TPSA) is 83.4 Å². The summed E-state index contributed by atoms with van der Waals surface area (Å²) in [6, 6.07) is 15.3. The largest absolute Gasteiger partial charge is 0.469 e. The predicted molar refractivity (Wildman–Crippen MR) is 108 cm³/mol. The molecular formula is C20H17N3O3S. The average Bonchev–Trinajstić information content (AvgIpc) is 3.10. The zero-order chi connectivity index (χ0) is 19.2. The Morgan fingerprint density at radius 2 is 1.81 bits per heavy atom. The van der Waals surface area contributed by atoms with E-state index in [9.17, 15) is 9.59 Å². The first-order valence-corrected chi connectivity index (χ1v) is 8.56. The molecule has 2 amide bonds. The van der Waals surface area contributed by atoms with Crippen LogP contribution in [0.2, 0.25) is 0 Å². The van der Waals surface area contributed by atoms with Gasteiger partial charge in [0.2, 0.25) is 5.91 Å². The summed E-state index contributed by atoms with van der Waals surface area (Å²) in [4.78, 5) is 24.0. The maximum Gasteiger partial charge on any atom is 0.273 e. The first-order valence-electron chi connectivity index (χ1n) is 8.16. The van der Waals surface area contributed by atoms with E-state index in [1.807, 2.05) is 42.5 Å². The predicted octanol–water partition coefficient (Wildman–Crippen LogP) is 3.09. The van der Waals surface area contributed by atoms with Crippen molar-refractivity contribution >= 4 is 46.0 Å². The minimum absolute atomic E-state index is 0.0166. The fourth-order valence-corrected chi connectivity index (χ4v) is 2.70. The molecular weight excluding hydrogens is 362 g/mol. The number of hydrogen-bond donors (Lipinski definition) is 3. The Morgan fingerprint density at radius 1 is 1.04 bits per heavy atom. The molecule has 0 saturated carbocycles. The Bertz CT molecular complexity index is 1030. The zero-order valence-corrected chi connectivity index (χ0v) is 15.3. The van der Waals surface area contributed by atoms with Crippen molar-refractivity contribution in [2.24, 2.45) is 0 Å². The summed E-state index contributed by atoms with van der Waals surface area (Å²) in [5.41, 5.74) is 6.19. The van der Waals surface area contributed by atoms with Gasteiger partial charge in [0.15, 0.2) is 5.11 Å². The number of amides is 2. The minimum Gasteiger partial charge on any atom is -0.469 e. The van der Waals surface area contributed by atoms with Gasteiger partial charge in [0.25, 0.3) is 5.91 Å². The molecule has 27 heavy (non-hydrogen) atoms. The lowest BCUT2D eigenvalue weighted by molar-refractivity contribution is -0.115. The highest BCUT2D eigenvalue weighted by atomic mass is 32.1. The van der Waals surface area contributed by atoms with Gasteiger partial charge >= 0.3 is 0 Å². The van der Waals surface area contributed by atoms with Gasteiger partial charge in [0.05, 0.1) is 11.8 Å². The van der Waals surface area contributed by atoms with Crippen molar-refractivity contribution in [1.82, 2.24) is 16.2 Å². The van der Waals surface area contributed by atoms with E-state index in [0.29, 0.717) is 11.3 Å². The first-order chi connectivity index (χ1) is 13.0. The third kappa shape index (κ3) is 4.59. The normalized spacial score (nSPS) is 10.7. The molecule has 0 bridgehead atoms. The van der Waals surface area contributed by atoms with Gasteiger partial charge in [0.1, 0.15) is 5.76 Å². The molecule has 0 radical (unpaired) electrons. The molecule has 0 aliphatic heterocycles. The van der Waals surface area contributed by atoms with Crippen LogP contribution in [-0.4, -0.2) is 16.9 Å². The van der Waals surface area contributed by atoms with Gasteiger partial charge in [-0.3, -0.25) is 25.8 Å². The summed E-state index contributed by atoms with van der Waals surface area (Å²) in [6.45, 7) is 1.67. The molecule has 0 atom stereocenters. The van der Waals surface area contributed by atoms with Crippen LogP contribution in [0.5, 0.6) is 0 Å². The second kappa shape index (κ2) is 8.29. The highest BCUT2D eigenvalue weighted by Crippen LogP contribution is 2.19. The first kappa shape index (κ1) is 18.3. The second-order valence-electron chi connectivity index (χ2n) is 5.69. The molecule has 3 rings (SSSR count). The Balaban J connectivity index is 1.55. The van der Waals surface area contributed by atoms with Gasteiger partial charge in [-0.25, -0.2) is 0 Å². The van der Waals surface area contributed by atoms with Crippen molar-refractivity contribution < 1.29 is 14.0 Å². The number of aryl methyl sites for hydroxylation is 1. The number of hydrogen-bond acceptors (Lipinski definition) is 4. The van der Waals surface area contributed by atoms with Gasteiger partial charge in [-0.05, 0) is 47.6 Å². The fraction of sp³-hybridized carbons (Fsp3) is 0.0500. The third-order valence-electron chi connectivity index (χ3n) is 3.87. The van der Waals surface area contributed by atoms with Gasteiger partial charge in [0, 0.05) is 6.08 Å². The Hall–Kier alpha value is -3.45. The van der Waals surface area contributed by atoms with E-state index in [4.69, 9.17) is 16.6 Å². The van der Waals surface area contributed by atoms with Gasteiger partial charge in [-0.1, -0.05) is 42.5 Å². The summed E-state index contributed by atoms with van der Waals surface area (Å²) in [5, 5.41) is 4.59. The molecule has 1 aromatic heterocycles. The average molecular weight is 379 g/mol. The molecule has 0 unspecified atom stereocenters. The number of furan rings is 1. The van der Waals surface area contributed by atoms with Gasteiger partial charge in [-0.2, -0.15) is 0 Å². The molecule has 0 fully saturated rings. The number of carbonyl (C=O) groups is 2. The maximum atomic E-state index is 12.0. The number of hydrazine groups is 1. The molecule has 6 nitrogen and oxygen atoms in total. The third-order valence-corrected chi connectivity index (χ3v) is 4.07. The zero-order valence-electron chi connectivity index (χ0n) is 14.5. The number of fused-ring (bicyclic) bond motifs is 1. The van der Waals surface area contributed by atoms with Crippen LogP contribution in [0.15, 0.2) is 65.3 Å². The highest BCUT2D eigenvalue weighted by Gasteiger charge is 2.11. The molecule has 0 spiro atoms. The van der Waals surface area contributed by atoms with E-state index < -0.39 is 11.8 Å². The lowest BCUT2D eigenvalue weighted by atomic mass is 10.0. The Labute approximate surface area is 161 Å². The lowest BCUT2D eigenvalue weighted by Gasteiger charge is -2.09. The molecule has 136 valence electrons. The summed E-state index contributed by atoms with van der Waals surface area (Å²) in [6.07, 6.45) is 4.52. The molecule has 1 heterocycles. The molecule has 0 saturated heterocycles. The number of carbonyl (C=O) groups excluding carboxylic acids is 2. The second-order valence-corrected chi connectivity index (χ2v) is 6.10. The van der Waals surface area contributed by atoms with E-state index in [2.05, 4.69) is 16.2 Å². The SMILES string of the molecule is Cc1occc1C(=O)NNC(=S)NC(=O)/C=C/c1cccc2ccccc12. The van der Waals surface area contributed by atoms with Crippen LogP contribution in [0.25, 0.3) is 16.8 Å². The Morgan fingerprint density at radius 3 is 2.59 bits per heavy atom. The lowest BCUT2D eigenvalue weighted by Crippen LogP contribution is -2.48. The van der Waals surface area contributed by atoms with Crippen molar-refractivity contribution in [1.29, 1.82) is 0 Å². The number of benzene rings is 2. The molecule has 2 aromatic carbocycles. The highest BCUT2D eigenvalue weighted by molar-refractivity contribution is 7.80. The minimum atomic E-state index is -0.413. The van der Waals surface area contributed by atoms with E-state index in [1.54, 1.807) is 19.1 Å². The van der Waals surface area contributed by atoms with E-state index in [-0.39, 0.29) is 5.11 Å². The van der Waals surface area contributed by atoms with Gasteiger partial charge in [-0.15, -0.1) is 0 Å². The van der Waals surface area contributed by atoms with Crippen molar-refractivity contribution in [3.8, 4) is 0 Å². The number of thiocarbonyl (C=S) groups is 1. The Kier molecular flexibility index (Phi) is 5.63. The van der Waals surface area contributed by atoms with E-state index in [0.717, 1.165) is 16.3 Å². The van der Waals surface area contributed by atoms with Crippen molar-refractivity contribution in [3.05, 3.63) is 77.8 Å². The monoisotopic (exact) mass is 379 g/mol. The molecule has 3 aromatic rings. The van der Waals surface area contributed by atoms with Crippen molar-refractivity contribution in [2.75, 3.05) is 0 Å². The molecule has 7 heteroatoms. The quantitative estimate of drug-likeness (QED) is 0.370. The number of rotatable bonds is 3. The fourth-order valence-electron chi connectivity index (χ4n) is 2.55. The molecule has 3 N–H and O–H groups in total. The van der Waals surface area contributed by atoms with Crippen molar-refractivity contribution in [3.63, 3.8) is 0 Å². The van der Waals surface area contributed by atoms with Crippen LogP contribution in [0.4, 0.5) is 0 Å². The van der Waals surface area contributed by atoms with Crippen molar-refractivity contribution in [2.45, 2.75) is 6.92 Å². The van der Waals surface area contributed by atoms with Crippen LogP contribution in [0, 0.1) is 6.92 Å². The summed E-state index contributed by atoms with van der Waals surface area (Å²) in [5.74, 6) is -0.333. The molecule has 0 aliphatic rings. The standard InChI is InChI=1S/C20H17N3O3S/c1-13-16(11-12-26-13)19(25)22-23-20(27)21-18(24)10-9-15-7-4-6-14-5-2-3-8-17(14)15/h2-12H,1H3,(H,22,25)(H2,21,23,24,27)/b10-9+. The van der Waals surface area contributed by atoms with Crippen LogP contribution >= 0.6 is 12.2 Å². The van der Waals surface area contributed by atoms with Crippen LogP contribution in [0.3, 0.4) is 0 Å². The summed E-state index contributed by atoms with van der Waals surface area (Å²) >= 11 is 5.00. The van der Waals surface area contributed by atoms with Crippen LogP contribution in [-0.2, 0) is 4.79 Å². The van der Waals surface area contributed by atoms with Gasteiger partial charge < -0.3 is 4.42 Å². The summed E-state index contributed by atoms with van der Waals surface area (Å²) < 4.78 is 5.06. The van der Waals surface area contributed by atoms with Crippen LogP contribution in [0.1, 0.15) is 21.7 Å². The van der Waals surface area contributed by atoms with E-state index >= 15 is 0 Å². The summed E-state index contributed by atoms with van der Waals surface area (Å²) in [7, 11) is 0. The van der Waals surface area contributed by atoms with Crippen LogP contribution < -0.4 is 16.2 Å². The smallest absolute Gasteiger partial charge is 0.273 e. The van der Waals surface area contributed by atoms with E-state index in [1.165, 1.54) is 12.3 Å². The molecule has 0 aliphatic carbocycles. The number of nitrogens with one attached hydrogen (secondary N) is 3. The maximum absolute atomic E-state index is 12.0.